The summed E-state index contributed by atoms with van der Waals surface area (Å²) in [5.41, 5.74) is 3.16. The third kappa shape index (κ3) is 5.08. The number of amides is 1. The molecule has 2 aromatic carbocycles. The third-order valence-corrected chi connectivity index (χ3v) is 3.67. The molecule has 25 heavy (non-hydrogen) atoms. The first-order valence-corrected chi connectivity index (χ1v) is 8.22. The zero-order valence-corrected chi connectivity index (χ0v) is 15.0. The van der Waals surface area contributed by atoms with Crippen LogP contribution in [0.2, 0.25) is 0 Å². The van der Waals surface area contributed by atoms with Crippen molar-refractivity contribution >= 4 is 17.6 Å². The maximum atomic E-state index is 12.3. The molecular weight excluding hydrogens is 318 g/mol. The normalized spacial score (nSPS) is 11.5. The van der Waals surface area contributed by atoms with Crippen molar-refractivity contribution in [3.8, 4) is 5.75 Å². The average molecular weight is 341 g/mol. The molecule has 0 aliphatic rings. The monoisotopic (exact) mass is 341 g/mol. The molecule has 1 amide bonds. The van der Waals surface area contributed by atoms with Gasteiger partial charge >= 0.3 is 5.97 Å². The molecule has 0 fully saturated rings. The predicted molar refractivity (Wildman–Crippen MR) is 97.0 cm³/mol. The minimum atomic E-state index is -0.647. The first-order valence-electron chi connectivity index (χ1n) is 8.22. The van der Waals surface area contributed by atoms with Crippen LogP contribution >= 0.6 is 0 Å². The van der Waals surface area contributed by atoms with Crippen LogP contribution in [-0.4, -0.2) is 24.6 Å². The molecule has 1 atom stereocenters. The zero-order chi connectivity index (χ0) is 18.4. The Labute approximate surface area is 148 Å². The predicted octanol–water partition coefficient (Wildman–Crippen LogP) is 3.89. The highest BCUT2D eigenvalue weighted by Crippen LogP contribution is 2.20. The lowest BCUT2D eigenvalue weighted by Gasteiger charge is -2.16. The Morgan fingerprint density at radius 1 is 1.08 bits per heavy atom. The van der Waals surface area contributed by atoms with Gasteiger partial charge in [0.1, 0.15) is 5.75 Å². The summed E-state index contributed by atoms with van der Waals surface area (Å²) in [7, 11) is 0. The van der Waals surface area contributed by atoms with Crippen LogP contribution in [0, 0.1) is 13.8 Å². The van der Waals surface area contributed by atoms with E-state index >= 15 is 0 Å². The summed E-state index contributed by atoms with van der Waals surface area (Å²) >= 11 is 0. The number of nitrogens with one attached hydrogen (secondary N) is 1. The second-order valence-corrected chi connectivity index (χ2v) is 5.82. The molecule has 132 valence electrons. The van der Waals surface area contributed by atoms with E-state index in [9.17, 15) is 9.59 Å². The molecule has 5 heteroatoms. The maximum Gasteiger partial charge on any atom is 0.338 e. The molecule has 0 bridgehead atoms. The van der Waals surface area contributed by atoms with E-state index in [-0.39, 0.29) is 11.9 Å². The number of benzene rings is 2. The van der Waals surface area contributed by atoms with Gasteiger partial charge in [0, 0.05) is 5.69 Å². The van der Waals surface area contributed by atoms with Gasteiger partial charge in [0.25, 0.3) is 5.91 Å². The lowest BCUT2D eigenvalue weighted by atomic mass is 10.1. The van der Waals surface area contributed by atoms with Gasteiger partial charge in [0.2, 0.25) is 0 Å². The number of hydrogen-bond acceptors (Lipinski definition) is 4. The largest absolute Gasteiger partial charge is 0.481 e. The van der Waals surface area contributed by atoms with E-state index in [2.05, 4.69) is 5.32 Å². The van der Waals surface area contributed by atoms with Gasteiger partial charge in [-0.05, 0) is 63.6 Å². The summed E-state index contributed by atoms with van der Waals surface area (Å²) in [5.74, 6) is 0.0432. The van der Waals surface area contributed by atoms with Crippen molar-refractivity contribution < 1.29 is 19.1 Å². The minimum Gasteiger partial charge on any atom is -0.481 e. The highest BCUT2D eigenvalue weighted by atomic mass is 16.5. The smallest absolute Gasteiger partial charge is 0.338 e. The molecular formula is C20H23NO4. The summed E-state index contributed by atoms with van der Waals surface area (Å²) in [6.07, 6.45) is -0.647. The van der Waals surface area contributed by atoms with Crippen LogP contribution in [-0.2, 0) is 9.53 Å². The topological polar surface area (TPSA) is 64.6 Å². The number of aryl methyl sites for hydroxylation is 2. The van der Waals surface area contributed by atoms with Gasteiger partial charge in [-0.25, -0.2) is 4.79 Å². The molecule has 1 N–H and O–H groups in total. The second kappa shape index (κ2) is 8.33. The maximum absolute atomic E-state index is 12.3. The molecule has 0 heterocycles. The van der Waals surface area contributed by atoms with Gasteiger partial charge in [-0.1, -0.05) is 17.7 Å². The lowest BCUT2D eigenvalue weighted by Crippen LogP contribution is -2.30. The van der Waals surface area contributed by atoms with E-state index in [4.69, 9.17) is 9.47 Å². The summed E-state index contributed by atoms with van der Waals surface area (Å²) in [5, 5.41) is 2.77. The summed E-state index contributed by atoms with van der Waals surface area (Å²) in [4.78, 5) is 23.9. The van der Waals surface area contributed by atoms with Gasteiger partial charge in [-0.15, -0.1) is 0 Å². The molecule has 5 nitrogen and oxygen atoms in total. The Morgan fingerprint density at radius 3 is 2.36 bits per heavy atom. The van der Waals surface area contributed by atoms with Crippen LogP contribution in [0.3, 0.4) is 0 Å². The number of carbonyl (C=O) groups is 2. The fourth-order valence-electron chi connectivity index (χ4n) is 2.32. The fraction of sp³-hybridized carbons (Fsp3) is 0.300. The third-order valence-electron chi connectivity index (χ3n) is 3.67. The standard InChI is InChI=1S/C20H23NO4/c1-5-24-20(23)16-7-9-17(10-8-16)21-19(22)15(4)25-18-11-6-13(2)12-14(18)3/h6-12,15H,5H2,1-4H3,(H,21,22)/t15-/m1/s1. The number of carbonyl (C=O) groups excluding carboxylic acids is 2. The van der Waals surface area contributed by atoms with E-state index in [1.807, 2.05) is 32.0 Å². The molecule has 2 rings (SSSR count). The van der Waals surface area contributed by atoms with Gasteiger partial charge in [0.15, 0.2) is 6.10 Å². The van der Waals surface area contributed by atoms with E-state index in [1.54, 1.807) is 38.1 Å². The first-order chi connectivity index (χ1) is 11.9. The molecule has 2 aromatic rings. The lowest BCUT2D eigenvalue weighted by molar-refractivity contribution is -0.122. The Hall–Kier alpha value is -2.82. The number of hydrogen-bond donors (Lipinski definition) is 1. The average Bonchev–Trinajstić information content (AvgIpc) is 2.58. The zero-order valence-electron chi connectivity index (χ0n) is 15.0. The van der Waals surface area contributed by atoms with E-state index in [0.717, 1.165) is 11.1 Å². The number of ether oxygens (including phenoxy) is 2. The van der Waals surface area contributed by atoms with Crippen molar-refractivity contribution in [2.24, 2.45) is 0 Å². The number of esters is 1. The van der Waals surface area contributed by atoms with Crippen molar-refractivity contribution in [3.05, 3.63) is 59.2 Å². The van der Waals surface area contributed by atoms with Crippen molar-refractivity contribution in [3.63, 3.8) is 0 Å². The van der Waals surface area contributed by atoms with Crippen molar-refractivity contribution in [2.45, 2.75) is 33.8 Å². The highest BCUT2D eigenvalue weighted by Gasteiger charge is 2.16. The first kappa shape index (κ1) is 18.5. The fourth-order valence-corrected chi connectivity index (χ4v) is 2.32. The molecule has 0 saturated heterocycles. The quantitative estimate of drug-likeness (QED) is 0.810. The highest BCUT2D eigenvalue weighted by molar-refractivity contribution is 5.95. The van der Waals surface area contributed by atoms with E-state index in [0.29, 0.717) is 23.6 Å². The summed E-state index contributed by atoms with van der Waals surface area (Å²) in [6.45, 7) is 7.73. The Bertz CT molecular complexity index is 753. The van der Waals surface area contributed by atoms with E-state index < -0.39 is 6.10 Å². The Kier molecular flexibility index (Phi) is 6.17. The molecule has 0 saturated carbocycles. The number of anilines is 1. The van der Waals surface area contributed by atoms with Crippen LogP contribution in [0.1, 0.15) is 35.3 Å². The Balaban J connectivity index is 1.97. The molecule has 0 aliphatic heterocycles. The summed E-state index contributed by atoms with van der Waals surface area (Å²) < 4.78 is 10.7. The van der Waals surface area contributed by atoms with Crippen molar-refractivity contribution in [1.29, 1.82) is 0 Å². The van der Waals surface area contributed by atoms with Crippen molar-refractivity contribution in [1.82, 2.24) is 0 Å². The second-order valence-electron chi connectivity index (χ2n) is 5.82. The molecule has 0 unspecified atom stereocenters. The van der Waals surface area contributed by atoms with Crippen molar-refractivity contribution in [2.75, 3.05) is 11.9 Å². The SMILES string of the molecule is CCOC(=O)c1ccc(NC(=O)[C@@H](C)Oc2ccc(C)cc2C)cc1. The van der Waals surface area contributed by atoms with Crippen LogP contribution < -0.4 is 10.1 Å². The van der Waals surface area contributed by atoms with Gasteiger partial charge in [-0.2, -0.15) is 0 Å². The van der Waals surface area contributed by atoms with Crippen LogP contribution in [0.15, 0.2) is 42.5 Å². The van der Waals surface area contributed by atoms with Crippen LogP contribution in [0.4, 0.5) is 5.69 Å². The molecule has 0 radical (unpaired) electrons. The van der Waals surface area contributed by atoms with E-state index in [1.165, 1.54) is 0 Å². The Morgan fingerprint density at radius 2 is 1.76 bits per heavy atom. The molecule has 0 aliphatic carbocycles. The molecule has 0 aromatic heterocycles. The van der Waals surface area contributed by atoms with Gasteiger partial charge in [0.05, 0.1) is 12.2 Å². The summed E-state index contributed by atoms with van der Waals surface area (Å²) in [6, 6.07) is 12.4. The van der Waals surface area contributed by atoms with Gasteiger partial charge in [-0.3, -0.25) is 4.79 Å². The van der Waals surface area contributed by atoms with Crippen LogP contribution in [0.25, 0.3) is 0 Å². The molecule has 0 spiro atoms. The van der Waals surface area contributed by atoms with Crippen LogP contribution in [0.5, 0.6) is 5.75 Å². The number of rotatable bonds is 6. The minimum absolute atomic E-state index is 0.260. The van der Waals surface area contributed by atoms with Gasteiger partial charge < -0.3 is 14.8 Å².